The minimum Gasteiger partial charge on any atom is -0.486 e. The number of aryl methyl sites for hydroxylation is 2. The number of benzene rings is 3. The Morgan fingerprint density at radius 1 is 0.912 bits per heavy atom. The number of carbonyl (C=O) groups is 2. The highest BCUT2D eigenvalue weighted by Crippen LogP contribution is 2.31. The van der Waals surface area contributed by atoms with Crippen molar-refractivity contribution in [3.05, 3.63) is 82.9 Å². The first-order valence-corrected chi connectivity index (χ1v) is 11.9. The highest BCUT2D eigenvalue weighted by Gasteiger charge is 2.24. The molecule has 1 aliphatic rings. The van der Waals surface area contributed by atoms with Gasteiger partial charge in [0.25, 0.3) is 0 Å². The van der Waals surface area contributed by atoms with Gasteiger partial charge < -0.3 is 18.4 Å². The fraction of sp³-hybridized carbons (Fsp3) is 0.200. The quantitative estimate of drug-likeness (QED) is 0.284. The van der Waals surface area contributed by atoms with Gasteiger partial charge in [0.15, 0.2) is 29.6 Å². The van der Waals surface area contributed by atoms with E-state index in [0.29, 0.717) is 35.8 Å². The second-order valence-corrected chi connectivity index (χ2v) is 9.18. The minimum absolute atomic E-state index is 0.00413. The fourth-order valence-corrected chi connectivity index (χ4v) is 4.62. The third kappa shape index (κ3) is 5.04. The summed E-state index contributed by atoms with van der Waals surface area (Å²) >= 11 is 0. The van der Waals surface area contributed by atoms with Crippen LogP contribution in [0.3, 0.4) is 0 Å². The summed E-state index contributed by atoms with van der Waals surface area (Å²) in [5, 5.41) is 0. The van der Waals surface area contributed by atoms with Gasteiger partial charge in [0.05, 0.1) is 0 Å². The van der Waals surface area contributed by atoms with Crippen molar-refractivity contribution in [2.75, 3.05) is 19.8 Å². The molecule has 4 rings (SSSR count). The van der Waals surface area contributed by atoms with Gasteiger partial charge in [-0.1, -0.05) is 24.3 Å². The summed E-state index contributed by atoms with van der Waals surface area (Å²) in [4.78, 5) is 25.2. The van der Waals surface area contributed by atoms with Crippen LogP contribution in [0, 0.1) is 13.8 Å². The lowest BCUT2D eigenvalue weighted by Crippen LogP contribution is -2.18. The van der Waals surface area contributed by atoms with Gasteiger partial charge in [0.1, 0.15) is 23.7 Å². The predicted octanol–water partition coefficient (Wildman–Crippen LogP) is 3.88. The Kier molecular flexibility index (Phi) is 6.56. The normalized spacial score (nSPS) is 12.6. The molecule has 0 unspecified atom stereocenters. The first-order chi connectivity index (χ1) is 16.2. The van der Waals surface area contributed by atoms with E-state index < -0.39 is 28.5 Å². The topological polar surface area (TPSA) is 105 Å². The summed E-state index contributed by atoms with van der Waals surface area (Å²) in [5.41, 5.74) is 1.43. The number of para-hydroxylation sites is 1. The smallest absolute Gasteiger partial charge is 0.342 e. The molecule has 0 N–H and O–H groups in total. The summed E-state index contributed by atoms with van der Waals surface area (Å²) in [6.45, 7) is 3.68. The first kappa shape index (κ1) is 23.3. The van der Waals surface area contributed by atoms with Crippen molar-refractivity contribution < 1.29 is 36.4 Å². The SMILES string of the molecule is Cc1ccc(C)c(S(=O)(=O)Oc2ccccc2C(=O)OCC(=O)c2ccc3c(c2)OCCO3)c1. The maximum atomic E-state index is 12.9. The molecular weight excluding hydrogens is 460 g/mol. The molecular formula is C25H22O8S. The number of carbonyl (C=O) groups excluding carboxylic acids is 2. The van der Waals surface area contributed by atoms with Crippen LogP contribution in [0.5, 0.6) is 17.2 Å². The van der Waals surface area contributed by atoms with Crippen LogP contribution in [-0.4, -0.2) is 40.0 Å². The Hall–Kier alpha value is -3.85. The Morgan fingerprint density at radius 2 is 1.65 bits per heavy atom. The Labute approximate surface area is 197 Å². The third-order valence-electron chi connectivity index (χ3n) is 5.12. The molecule has 0 radical (unpaired) electrons. The van der Waals surface area contributed by atoms with E-state index in [1.54, 1.807) is 38.1 Å². The Bertz CT molecular complexity index is 1360. The molecule has 0 aromatic heterocycles. The van der Waals surface area contributed by atoms with Crippen LogP contribution >= 0.6 is 0 Å². The van der Waals surface area contributed by atoms with Crippen LogP contribution in [0.25, 0.3) is 0 Å². The summed E-state index contributed by atoms with van der Waals surface area (Å²) in [6.07, 6.45) is 0. The average molecular weight is 483 g/mol. The zero-order valence-corrected chi connectivity index (χ0v) is 19.4. The number of fused-ring (bicyclic) bond motifs is 1. The largest absolute Gasteiger partial charge is 0.486 e. The van der Waals surface area contributed by atoms with Crippen molar-refractivity contribution >= 4 is 21.9 Å². The van der Waals surface area contributed by atoms with Crippen molar-refractivity contribution in [2.24, 2.45) is 0 Å². The molecule has 8 nitrogen and oxygen atoms in total. The summed E-state index contributed by atoms with van der Waals surface area (Å²) < 4.78 is 47.1. The number of hydrogen-bond donors (Lipinski definition) is 0. The van der Waals surface area contributed by atoms with Gasteiger partial charge in [-0.25, -0.2) is 4.79 Å². The van der Waals surface area contributed by atoms with Crippen molar-refractivity contribution in [1.29, 1.82) is 0 Å². The predicted molar refractivity (Wildman–Crippen MR) is 122 cm³/mol. The van der Waals surface area contributed by atoms with E-state index in [2.05, 4.69) is 0 Å². The molecule has 0 bridgehead atoms. The average Bonchev–Trinajstić information content (AvgIpc) is 2.83. The number of ether oxygens (including phenoxy) is 3. The van der Waals surface area contributed by atoms with E-state index in [1.165, 1.54) is 36.4 Å². The highest BCUT2D eigenvalue weighted by atomic mass is 32.2. The van der Waals surface area contributed by atoms with Gasteiger partial charge in [0, 0.05) is 5.56 Å². The molecule has 0 amide bonds. The molecule has 1 aliphatic heterocycles. The molecule has 9 heteroatoms. The molecule has 0 fully saturated rings. The van der Waals surface area contributed by atoms with Crippen molar-refractivity contribution in [3.63, 3.8) is 0 Å². The van der Waals surface area contributed by atoms with Crippen LogP contribution in [0.15, 0.2) is 65.6 Å². The van der Waals surface area contributed by atoms with Gasteiger partial charge in [-0.15, -0.1) is 0 Å². The van der Waals surface area contributed by atoms with Crippen LogP contribution in [0.2, 0.25) is 0 Å². The zero-order valence-electron chi connectivity index (χ0n) is 18.6. The fourth-order valence-electron chi connectivity index (χ4n) is 3.36. The van der Waals surface area contributed by atoms with Crippen molar-refractivity contribution in [2.45, 2.75) is 18.7 Å². The van der Waals surface area contributed by atoms with Crippen molar-refractivity contribution in [3.8, 4) is 17.2 Å². The lowest BCUT2D eigenvalue weighted by Gasteiger charge is -2.18. The van der Waals surface area contributed by atoms with E-state index in [0.717, 1.165) is 5.56 Å². The number of esters is 1. The molecule has 0 atom stereocenters. The second kappa shape index (κ2) is 9.56. The minimum atomic E-state index is -4.21. The number of ketones is 1. The zero-order chi connectivity index (χ0) is 24.3. The number of rotatable bonds is 7. The van der Waals surface area contributed by atoms with Gasteiger partial charge in [-0.05, 0) is 61.4 Å². The van der Waals surface area contributed by atoms with Crippen LogP contribution in [-0.2, 0) is 14.9 Å². The molecule has 0 saturated heterocycles. The number of Topliss-reactive ketones (excluding diaryl/α,β-unsaturated/α-hetero) is 1. The van der Waals surface area contributed by atoms with Gasteiger partial charge in [-0.3, -0.25) is 4.79 Å². The maximum absolute atomic E-state index is 12.9. The molecule has 3 aromatic carbocycles. The van der Waals surface area contributed by atoms with E-state index in [-0.39, 0.29) is 16.2 Å². The van der Waals surface area contributed by atoms with Crippen LogP contribution in [0.4, 0.5) is 0 Å². The van der Waals surface area contributed by atoms with E-state index in [4.69, 9.17) is 18.4 Å². The molecule has 0 aliphatic carbocycles. The van der Waals surface area contributed by atoms with E-state index in [1.807, 2.05) is 0 Å². The molecule has 3 aromatic rings. The Balaban J connectivity index is 1.48. The van der Waals surface area contributed by atoms with Crippen LogP contribution < -0.4 is 13.7 Å². The third-order valence-corrected chi connectivity index (χ3v) is 6.50. The summed E-state index contributed by atoms with van der Waals surface area (Å²) in [7, 11) is -4.21. The summed E-state index contributed by atoms with van der Waals surface area (Å²) in [6, 6.07) is 15.4. The van der Waals surface area contributed by atoms with Crippen LogP contribution in [0.1, 0.15) is 31.8 Å². The first-order valence-electron chi connectivity index (χ1n) is 10.5. The lowest BCUT2D eigenvalue weighted by atomic mass is 10.1. The van der Waals surface area contributed by atoms with E-state index in [9.17, 15) is 18.0 Å². The standard InChI is InChI=1S/C25H22O8S/c1-16-7-8-17(2)24(13-16)34(28,29)33-21-6-4-3-5-19(21)25(27)32-15-20(26)18-9-10-22-23(14-18)31-12-11-30-22/h3-10,13-14H,11-12,15H2,1-2H3. The molecule has 34 heavy (non-hydrogen) atoms. The molecule has 1 heterocycles. The summed E-state index contributed by atoms with van der Waals surface area (Å²) in [5.74, 6) is -0.556. The van der Waals surface area contributed by atoms with E-state index >= 15 is 0 Å². The Morgan fingerprint density at radius 3 is 2.44 bits per heavy atom. The molecule has 176 valence electrons. The monoisotopic (exact) mass is 482 g/mol. The maximum Gasteiger partial charge on any atom is 0.342 e. The number of hydrogen-bond acceptors (Lipinski definition) is 8. The van der Waals surface area contributed by atoms with Gasteiger partial charge >= 0.3 is 16.1 Å². The molecule has 0 spiro atoms. The van der Waals surface area contributed by atoms with Gasteiger partial charge in [-0.2, -0.15) is 8.42 Å². The lowest BCUT2D eigenvalue weighted by molar-refractivity contribution is 0.0473. The second-order valence-electron chi connectivity index (χ2n) is 7.66. The highest BCUT2D eigenvalue weighted by molar-refractivity contribution is 7.87. The van der Waals surface area contributed by atoms with Gasteiger partial charge in [0.2, 0.25) is 0 Å². The van der Waals surface area contributed by atoms with Crippen molar-refractivity contribution in [1.82, 2.24) is 0 Å². The molecule has 0 saturated carbocycles.